The zero-order chi connectivity index (χ0) is 20.1. The van der Waals surface area contributed by atoms with Crippen molar-refractivity contribution < 1.29 is 17.9 Å². The number of sulfonamides is 1. The van der Waals surface area contributed by atoms with Crippen LogP contribution in [0.5, 0.6) is 11.5 Å². The molecule has 3 rings (SSSR count). The normalized spacial score (nSPS) is 11.4. The molecule has 0 aliphatic heterocycles. The van der Waals surface area contributed by atoms with Gasteiger partial charge >= 0.3 is 0 Å². The minimum Gasteiger partial charge on any atom is -0.490 e. The van der Waals surface area contributed by atoms with Gasteiger partial charge in [0, 0.05) is 16.5 Å². The molecule has 1 aromatic heterocycles. The zero-order valence-corrected chi connectivity index (χ0v) is 17.6. The maximum Gasteiger partial charge on any atom is 0.240 e. The van der Waals surface area contributed by atoms with Crippen LogP contribution in [-0.4, -0.2) is 33.7 Å². The molecule has 0 radical (unpaired) electrons. The maximum absolute atomic E-state index is 11.9. The lowest BCUT2D eigenvalue weighted by Gasteiger charge is -2.11. The van der Waals surface area contributed by atoms with Crippen molar-refractivity contribution in [3.05, 3.63) is 47.8 Å². The molecule has 0 atom stereocenters. The molecule has 0 unspecified atom stereocenters. The minimum absolute atomic E-state index is 0.224. The maximum atomic E-state index is 11.9. The lowest BCUT2D eigenvalue weighted by Crippen LogP contribution is -2.18. The van der Waals surface area contributed by atoms with Crippen LogP contribution in [0.25, 0.3) is 21.8 Å². The zero-order valence-electron chi connectivity index (χ0n) is 15.9. The Hall–Kier alpha value is -2.42. The van der Waals surface area contributed by atoms with Crippen LogP contribution in [0.4, 0.5) is 0 Å². The molecular formula is C20H22N2O4S2. The van der Waals surface area contributed by atoms with Crippen LogP contribution in [-0.2, 0) is 10.0 Å². The number of hydrogen-bond acceptors (Lipinski definition) is 6. The molecule has 1 N–H and O–H groups in total. The lowest BCUT2D eigenvalue weighted by molar-refractivity contribution is 0.288. The van der Waals surface area contributed by atoms with E-state index in [2.05, 4.69) is 4.72 Å². The molecule has 2 aromatic carbocycles. The van der Waals surface area contributed by atoms with Gasteiger partial charge in [-0.15, -0.1) is 11.3 Å². The predicted octanol–water partition coefficient (Wildman–Crippen LogP) is 4.18. The van der Waals surface area contributed by atoms with Gasteiger partial charge in [0.2, 0.25) is 10.0 Å². The Morgan fingerprint density at radius 3 is 2.25 bits per heavy atom. The van der Waals surface area contributed by atoms with E-state index in [4.69, 9.17) is 14.5 Å². The van der Waals surface area contributed by atoms with E-state index in [1.807, 2.05) is 37.4 Å². The molecule has 0 spiro atoms. The summed E-state index contributed by atoms with van der Waals surface area (Å²) in [7, 11) is -2.06. The summed E-state index contributed by atoms with van der Waals surface area (Å²) in [6.45, 7) is 4.99. The smallest absolute Gasteiger partial charge is 0.240 e. The number of ether oxygens (including phenoxy) is 2. The van der Waals surface area contributed by atoms with Crippen molar-refractivity contribution in [2.75, 3.05) is 20.3 Å². The van der Waals surface area contributed by atoms with Gasteiger partial charge < -0.3 is 9.47 Å². The third-order valence-corrected chi connectivity index (χ3v) is 6.35. The fraction of sp³-hybridized carbons (Fsp3) is 0.250. The van der Waals surface area contributed by atoms with E-state index < -0.39 is 10.0 Å². The summed E-state index contributed by atoms with van der Waals surface area (Å²) in [4.78, 5) is 4.92. The average molecular weight is 419 g/mol. The molecule has 0 saturated heterocycles. The van der Waals surface area contributed by atoms with Gasteiger partial charge in [-0.25, -0.2) is 18.1 Å². The van der Waals surface area contributed by atoms with Crippen LogP contribution in [0.2, 0.25) is 0 Å². The Labute approximate surface area is 169 Å². The molecule has 148 valence electrons. The van der Waals surface area contributed by atoms with E-state index in [1.165, 1.54) is 18.4 Å². The number of nitrogens with zero attached hydrogens (tertiary/aromatic N) is 1. The topological polar surface area (TPSA) is 77.5 Å². The Balaban J connectivity index is 1.89. The third-order valence-electron chi connectivity index (χ3n) is 4.02. The van der Waals surface area contributed by atoms with Crippen molar-refractivity contribution in [1.82, 2.24) is 9.71 Å². The minimum atomic E-state index is -3.45. The average Bonchev–Trinajstić information content (AvgIpc) is 3.20. The molecule has 0 aliphatic carbocycles. The number of thiazole rings is 1. The first-order valence-corrected chi connectivity index (χ1v) is 11.2. The molecule has 0 fully saturated rings. The van der Waals surface area contributed by atoms with Crippen LogP contribution < -0.4 is 14.2 Å². The fourth-order valence-corrected chi connectivity index (χ4v) is 4.20. The van der Waals surface area contributed by atoms with Gasteiger partial charge in [-0.05, 0) is 51.2 Å². The Morgan fingerprint density at radius 2 is 1.61 bits per heavy atom. The van der Waals surface area contributed by atoms with Gasteiger partial charge in [-0.1, -0.05) is 12.1 Å². The van der Waals surface area contributed by atoms with Gasteiger partial charge in [0.15, 0.2) is 11.5 Å². The Bertz CT molecular complexity index is 1040. The number of rotatable bonds is 8. The summed E-state index contributed by atoms with van der Waals surface area (Å²) in [6.07, 6.45) is 0. The number of benzene rings is 2. The summed E-state index contributed by atoms with van der Waals surface area (Å²) < 4.78 is 37.3. The van der Waals surface area contributed by atoms with E-state index in [-0.39, 0.29) is 4.90 Å². The first-order chi connectivity index (χ1) is 13.5. The second-order valence-electron chi connectivity index (χ2n) is 5.80. The molecule has 3 aromatic rings. The molecule has 28 heavy (non-hydrogen) atoms. The van der Waals surface area contributed by atoms with E-state index in [0.717, 1.165) is 21.8 Å². The van der Waals surface area contributed by atoms with Crippen molar-refractivity contribution in [2.24, 2.45) is 0 Å². The van der Waals surface area contributed by atoms with Crippen LogP contribution in [0.3, 0.4) is 0 Å². The van der Waals surface area contributed by atoms with Crippen LogP contribution in [0.1, 0.15) is 13.8 Å². The van der Waals surface area contributed by atoms with E-state index in [9.17, 15) is 8.42 Å². The van der Waals surface area contributed by atoms with Crippen molar-refractivity contribution in [2.45, 2.75) is 18.7 Å². The van der Waals surface area contributed by atoms with Gasteiger partial charge in [0.25, 0.3) is 0 Å². The molecule has 0 aliphatic rings. The first-order valence-electron chi connectivity index (χ1n) is 8.88. The molecular weight excluding hydrogens is 396 g/mol. The SMILES string of the molecule is CCOc1ccc(-c2nc(-c3ccc(S(=O)(=O)NC)cc3)cs2)cc1OCC. The molecule has 0 amide bonds. The molecule has 8 heteroatoms. The van der Waals surface area contributed by atoms with Crippen molar-refractivity contribution in [3.63, 3.8) is 0 Å². The lowest BCUT2D eigenvalue weighted by atomic mass is 10.2. The van der Waals surface area contributed by atoms with E-state index in [0.29, 0.717) is 24.7 Å². The second-order valence-corrected chi connectivity index (χ2v) is 8.54. The Kier molecular flexibility index (Phi) is 6.33. The molecule has 0 saturated carbocycles. The van der Waals surface area contributed by atoms with Gasteiger partial charge in [0.05, 0.1) is 23.8 Å². The summed E-state index contributed by atoms with van der Waals surface area (Å²) in [5.41, 5.74) is 2.59. The summed E-state index contributed by atoms with van der Waals surface area (Å²) in [5.74, 6) is 1.41. The van der Waals surface area contributed by atoms with Crippen molar-refractivity contribution in [1.29, 1.82) is 0 Å². The Morgan fingerprint density at radius 1 is 0.964 bits per heavy atom. The van der Waals surface area contributed by atoms with Gasteiger partial charge in [-0.3, -0.25) is 0 Å². The van der Waals surface area contributed by atoms with Crippen molar-refractivity contribution >= 4 is 21.4 Å². The first kappa shape index (κ1) is 20.3. The molecule has 0 bridgehead atoms. The molecule has 1 heterocycles. The van der Waals surface area contributed by atoms with Gasteiger partial charge in [0.1, 0.15) is 5.01 Å². The predicted molar refractivity (Wildman–Crippen MR) is 112 cm³/mol. The van der Waals surface area contributed by atoms with E-state index >= 15 is 0 Å². The highest BCUT2D eigenvalue weighted by atomic mass is 32.2. The standard InChI is InChI=1S/C20H22N2O4S2/c1-4-25-18-11-8-15(12-19(18)26-5-2)20-22-17(13-27-20)14-6-9-16(10-7-14)28(23,24)21-3/h6-13,21H,4-5H2,1-3H3. The van der Waals surface area contributed by atoms with Crippen molar-refractivity contribution in [3.8, 4) is 33.3 Å². The van der Waals surface area contributed by atoms with Crippen LogP contribution in [0, 0.1) is 0 Å². The quantitative estimate of drug-likeness (QED) is 0.594. The highest BCUT2D eigenvalue weighted by Gasteiger charge is 2.13. The number of aromatic nitrogens is 1. The van der Waals surface area contributed by atoms with Crippen LogP contribution in [0.15, 0.2) is 52.7 Å². The fourth-order valence-electron chi connectivity index (χ4n) is 2.65. The monoisotopic (exact) mass is 418 g/mol. The van der Waals surface area contributed by atoms with Crippen LogP contribution >= 0.6 is 11.3 Å². The largest absolute Gasteiger partial charge is 0.490 e. The number of nitrogens with one attached hydrogen (secondary N) is 1. The highest BCUT2D eigenvalue weighted by molar-refractivity contribution is 7.89. The van der Waals surface area contributed by atoms with E-state index in [1.54, 1.807) is 24.3 Å². The summed E-state index contributed by atoms with van der Waals surface area (Å²) in [6, 6.07) is 12.4. The van der Waals surface area contributed by atoms with Gasteiger partial charge in [-0.2, -0.15) is 0 Å². The summed E-state index contributed by atoms with van der Waals surface area (Å²) >= 11 is 1.52. The third kappa shape index (κ3) is 4.35. The number of hydrogen-bond donors (Lipinski definition) is 1. The summed E-state index contributed by atoms with van der Waals surface area (Å²) in [5, 5.41) is 2.80. The molecule has 6 nitrogen and oxygen atoms in total. The highest BCUT2D eigenvalue weighted by Crippen LogP contribution is 2.35. The second kappa shape index (κ2) is 8.72.